The Labute approximate surface area is 137 Å². The highest BCUT2D eigenvalue weighted by molar-refractivity contribution is 7.88. The van der Waals surface area contributed by atoms with Gasteiger partial charge in [0.15, 0.2) is 0 Å². The van der Waals surface area contributed by atoms with Crippen LogP contribution in [0.25, 0.3) is 6.08 Å². The molecule has 122 valence electrons. The van der Waals surface area contributed by atoms with Gasteiger partial charge in [0.25, 0.3) is 10.1 Å². The van der Waals surface area contributed by atoms with Crippen molar-refractivity contribution in [2.75, 3.05) is 0 Å². The molecule has 3 N–H and O–H groups in total. The van der Waals surface area contributed by atoms with Gasteiger partial charge in [-0.1, -0.05) is 17.7 Å². The lowest BCUT2D eigenvalue weighted by molar-refractivity contribution is 0.100. The van der Waals surface area contributed by atoms with Crippen molar-refractivity contribution in [3.05, 3.63) is 70.1 Å². The summed E-state index contributed by atoms with van der Waals surface area (Å²) in [5, 5.41) is 0.752. The molecule has 1 aromatic heterocycles. The van der Waals surface area contributed by atoms with Crippen LogP contribution in [-0.4, -0.2) is 23.9 Å². The molecule has 23 heavy (non-hydrogen) atoms. The summed E-state index contributed by atoms with van der Waals surface area (Å²) in [7, 11) is -4.03. The first-order chi connectivity index (χ1) is 10.7. The van der Waals surface area contributed by atoms with Crippen LogP contribution in [0, 0.1) is 5.82 Å². The maximum atomic E-state index is 12.4. The second-order valence-electron chi connectivity index (χ2n) is 4.09. The normalized spacial score (nSPS) is 10.9. The number of pyridine rings is 1. The van der Waals surface area contributed by atoms with E-state index in [2.05, 4.69) is 4.98 Å². The minimum absolute atomic E-state index is 0.0394. The van der Waals surface area contributed by atoms with Gasteiger partial charge in [0.1, 0.15) is 5.82 Å². The van der Waals surface area contributed by atoms with Crippen LogP contribution in [0.4, 0.5) is 4.39 Å². The van der Waals surface area contributed by atoms with E-state index in [4.69, 9.17) is 21.9 Å². The molecule has 1 aromatic carbocycles. The average molecular weight is 359 g/mol. The fourth-order valence-electron chi connectivity index (χ4n) is 1.33. The molecular formula is C14H12ClFN2O4S. The molecule has 0 aliphatic rings. The van der Waals surface area contributed by atoms with Gasteiger partial charge < -0.3 is 5.73 Å². The highest BCUT2D eigenvalue weighted by Gasteiger charge is 2.05. The van der Waals surface area contributed by atoms with Crippen molar-refractivity contribution in [2.45, 2.75) is 0 Å². The van der Waals surface area contributed by atoms with Gasteiger partial charge in [0.05, 0.1) is 16.0 Å². The lowest BCUT2D eigenvalue weighted by Crippen LogP contribution is -2.11. The van der Waals surface area contributed by atoms with Crippen molar-refractivity contribution >= 4 is 33.7 Å². The molecule has 0 bridgehead atoms. The van der Waals surface area contributed by atoms with E-state index in [1.807, 2.05) is 0 Å². The molecule has 1 amide bonds. The first kappa shape index (κ1) is 18.8. The van der Waals surface area contributed by atoms with Crippen LogP contribution in [0.2, 0.25) is 5.02 Å². The molecule has 2 aromatic rings. The number of hydrogen-bond acceptors (Lipinski definition) is 4. The van der Waals surface area contributed by atoms with Gasteiger partial charge in [-0.2, -0.15) is 8.42 Å². The second kappa shape index (κ2) is 8.37. The van der Waals surface area contributed by atoms with E-state index < -0.39 is 21.8 Å². The summed E-state index contributed by atoms with van der Waals surface area (Å²) in [6.45, 7) is 0. The Bertz CT molecular complexity index is 811. The fraction of sp³-hybridized carbons (Fsp3) is 0. The number of carbonyl (C=O) groups excluding carboxylic acids is 1. The number of halogens is 2. The number of aromatic nitrogens is 1. The molecule has 0 spiro atoms. The number of rotatable bonds is 3. The average Bonchev–Trinajstić information content (AvgIpc) is 2.46. The molecule has 0 saturated carbocycles. The van der Waals surface area contributed by atoms with E-state index in [9.17, 15) is 17.6 Å². The van der Waals surface area contributed by atoms with E-state index in [1.165, 1.54) is 18.3 Å². The number of primary amides is 1. The van der Waals surface area contributed by atoms with E-state index in [0.717, 1.165) is 12.1 Å². The fourth-order valence-corrected chi connectivity index (χ4v) is 1.92. The van der Waals surface area contributed by atoms with Gasteiger partial charge in [0, 0.05) is 12.4 Å². The van der Waals surface area contributed by atoms with Crippen LogP contribution in [0.15, 0.2) is 48.1 Å². The molecule has 0 saturated heterocycles. The van der Waals surface area contributed by atoms with E-state index >= 15 is 0 Å². The Morgan fingerprint density at radius 1 is 1.35 bits per heavy atom. The van der Waals surface area contributed by atoms with Crippen molar-refractivity contribution < 1.29 is 22.2 Å². The highest BCUT2D eigenvalue weighted by Crippen LogP contribution is 2.15. The first-order valence-corrected chi connectivity index (χ1v) is 7.87. The van der Waals surface area contributed by atoms with Gasteiger partial charge in [-0.15, -0.1) is 0 Å². The molecule has 2 rings (SSSR count). The number of nitrogens with zero attached hydrogens (tertiary/aromatic N) is 1. The molecule has 0 aliphatic carbocycles. The quantitative estimate of drug-likeness (QED) is 0.819. The van der Waals surface area contributed by atoms with Crippen LogP contribution < -0.4 is 5.73 Å². The Hall–Kier alpha value is -2.29. The third-order valence-corrected chi connectivity index (χ3v) is 3.11. The molecule has 9 heteroatoms. The SMILES string of the molecule is NC(=O)c1ccc(F)cc1Cl.O=S(=O)(O)C=Cc1cccnc1. The Balaban J connectivity index is 0.000000231. The van der Waals surface area contributed by atoms with Gasteiger partial charge in [-0.3, -0.25) is 14.3 Å². The van der Waals surface area contributed by atoms with Gasteiger partial charge in [0.2, 0.25) is 5.91 Å². The smallest absolute Gasteiger partial charge is 0.287 e. The highest BCUT2D eigenvalue weighted by atomic mass is 35.5. The van der Waals surface area contributed by atoms with Crippen LogP contribution in [-0.2, 0) is 10.1 Å². The Morgan fingerprint density at radius 2 is 2.04 bits per heavy atom. The summed E-state index contributed by atoms with van der Waals surface area (Å²) in [4.78, 5) is 14.3. The van der Waals surface area contributed by atoms with Crippen molar-refractivity contribution in [3.63, 3.8) is 0 Å². The third kappa shape index (κ3) is 7.50. The minimum Gasteiger partial charge on any atom is -0.366 e. The van der Waals surface area contributed by atoms with E-state index in [1.54, 1.807) is 18.3 Å². The predicted molar refractivity (Wildman–Crippen MR) is 84.7 cm³/mol. The van der Waals surface area contributed by atoms with Gasteiger partial charge in [-0.05, 0) is 35.9 Å². The minimum atomic E-state index is -4.03. The molecule has 0 atom stereocenters. The van der Waals surface area contributed by atoms with Crippen molar-refractivity contribution in [3.8, 4) is 0 Å². The number of nitrogens with two attached hydrogens (primary N) is 1. The Morgan fingerprint density at radius 3 is 2.52 bits per heavy atom. The van der Waals surface area contributed by atoms with Crippen molar-refractivity contribution in [1.29, 1.82) is 0 Å². The molecule has 0 radical (unpaired) electrons. The summed E-state index contributed by atoms with van der Waals surface area (Å²) in [5.74, 6) is -1.14. The predicted octanol–water partition coefficient (Wildman–Crippen LogP) is 2.52. The summed E-state index contributed by atoms with van der Waals surface area (Å²) < 4.78 is 41.2. The van der Waals surface area contributed by atoms with Crippen molar-refractivity contribution in [2.24, 2.45) is 5.73 Å². The zero-order valence-electron chi connectivity index (χ0n) is 11.6. The number of carbonyl (C=O) groups is 1. The second-order valence-corrected chi connectivity index (χ2v) is 5.80. The van der Waals surface area contributed by atoms with E-state index in [-0.39, 0.29) is 10.6 Å². The molecule has 0 aliphatic heterocycles. The maximum absolute atomic E-state index is 12.4. The van der Waals surface area contributed by atoms with Gasteiger partial charge in [-0.25, -0.2) is 4.39 Å². The van der Waals surface area contributed by atoms with Crippen molar-refractivity contribution in [1.82, 2.24) is 4.98 Å². The molecule has 6 nitrogen and oxygen atoms in total. The summed E-state index contributed by atoms with van der Waals surface area (Å²) in [6, 6.07) is 6.77. The maximum Gasteiger partial charge on any atom is 0.287 e. The number of hydrogen-bond donors (Lipinski definition) is 2. The standard InChI is InChI=1S/C7H5ClFNO.C7H7NO3S/c8-6-3-4(9)1-2-5(6)7(10)11;9-12(10,11)5-3-7-2-1-4-8-6-7/h1-3H,(H2,10,11);1-6H,(H,9,10,11). The van der Waals surface area contributed by atoms with E-state index in [0.29, 0.717) is 11.0 Å². The van der Waals surface area contributed by atoms with Gasteiger partial charge >= 0.3 is 0 Å². The molecule has 1 heterocycles. The lowest BCUT2D eigenvalue weighted by atomic mass is 10.2. The monoisotopic (exact) mass is 358 g/mol. The molecule has 0 unspecified atom stereocenters. The van der Waals surface area contributed by atoms with Crippen LogP contribution in [0.3, 0.4) is 0 Å². The van der Waals surface area contributed by atoms with Crippen LogP contribution in [0.5, 0.6) is 0 Å². The largest absolute Gasteiger partial charge is 0.366 e. The van der Waals surface area contributed by atoms with Crippen LogP contribution >= 0.6 is 11.6 Å². The Kier molecular flexibility index (Phi) is 6.83. The summed E-state index contributed by atoms with van der Waals surface area (Å²) in [6.07, 6.45) is 4.33. The van der Waals surface area contributed by atoms with Crippen LogP contribution in [0.1, 0.15) is 15.9 Å². The third-order valence-electron chi connectivity index (χ3n) is 2.31. The summed E-state index contributed by atoms with van der Waals surface area (Å²) in [5.41, 5.74) is 5.67. The molecule has 0 fully saturated rings. The summed E-state index contributed by atoms with van der Waals surface area (Å²) >= 11 is 5.48. The zero-order valence-corrected chi connectivity index (χ0v) is 13.1. The first-order valence-electron chi connectivity index (χ1n) is 5.99. The number of amides is 1. The zero-order chi connectivity index (χ0) is 17.5. The topological polar surface area (TPSA) is 110 Å². The molecular weight excluding hydrogens is 347 g/mol. The number of benzene rings is 1. The lowest BCUT2D eigenvalue weighted by Gasteiger charge is -1.97.